The molecule has 0 spiro atoms. The number of carbonyl (C=O) groups excluding carboxylic acids is 1. The van der Waals surface area contributed by atoms with Crippen molar-refractivity contribution in [2.75, 3.05) is 13.2 Å². The largest absolute Gasteiger partial charge is 0.376 e. The average Bonchev–Trinajstić information content (AvgIpc) is 3.19. The van der Waals surface area contributed by atoms with Crippen LogP contribution >= 0.6 is 11.6 Å². The van der Waals surface area contributed by atoms with Gasteiger partial charge in [0.15, 0.2) is 0 Å². The van der Waals surface area contributed by atoms with Crippen LogP contribution in [0.5, 0.6) is 0 Å². The highest BCUT2D eigenvalue weighted by atomic mass is 35.5. The lowest BCUT2D eigenvalue weighted by atomic mass is 10.2. The number of hydrogen-bond donors (Lipinski definition) is 1. The van der Waals surface area contributed by atoms with E-state index >= 15 is 0 Å². The number of nitrogens with zero attached hydrogens (tertiary/aromatic N) is 2. The number of aromatic nitrogens is 2. The van der Waals surface area contributed by atoms with E-state index < -0.39 is 0 Å². The molecule has 0 saturated carbocycles. The maximum absolute atomic E-state index is 12.1. The molecule has 1 atom stereocenters. The molecule has 6 heteroatoms. The van der Waals surface area contributed by atoms with E-state index in [1.165, 1.54) is 0 Å². The zero-order valence-electron chi connectivity index (χ0n) is 12.2. The molecular formula is C16H18ClN3O2. The third-order valence-corrected chi connectivity index (χ3v) is 4.07. The first-order valence-corrected chi connectivity index (χ1v) is 7.76. The van der Waals surface area contributed by atoms with Crippen LogP contribution in [-0.4, -0.2) is 34.9 Å². The van der Waals surface area contributed by atoms with Crippen LogP contribution in [0.15, 0.2) is 36.7 Å². The molecule has 1 fully saturated rings. The molecule has 0 radical (unpaired) electrons. The molecule has 3 rings (SSSR count). The standard InChI is InChI=1S/C16H18ClN3O2/c17-15-6-2-1-4-12(15)10-20-11-13(8-19-20)16(21)18-9-14-5-3-7-22-14/h1-2,4,6,8,11,14H,3,5,7,9-10H2,(H,18,21). The molecule has 22 heavy (non-hydrogen) atoms. The van der Waals surface area contributed by atoms with Crippen molar-refractivity contribution in [3.8, 4) is 0 Å². The summed E-state index contributed by atoms with van der Waals surface area (Å²) in [5.41, 5.74) is 1.52. The summed E-state index contributed by atoms with van der Waals surface area (Å²) in [6.07, 6.45) is 5.51. The zero-order valence-corrected chi connectivity index (χ0v) is 12.9. The molecule has 0 bridgehead atoms. The summed E-state index contributed by atoms with van der Waals surface area (Å²) in [6, 6.07) is 7.61. The maximum atomic E-state index is 12.1. The third-order valence-electron chi connectivity index (χ3n) is 3.70. The Kier molecular flexibility index (Phi) is 4.75. The van der Waals surface area contributed by atoms with Gasteiger partial charge in [-0.1, -0.05) is 29.8 Å². The second-order valence-electron chi connectivity index (χ2n) is 5.36. The fraction of sp³-hybridized carbons (Fsp3) is 0.375. The smallest absolute Gasteiger partial charge is 0.254 e. The van der Waals surface area contributed by atoms with Gasteiger partial charge in [-0.3, -0.25) is 9.48 Å². The summed E-state index contributed by atoms with van der Waals surface area (Å²) in [6.45, 7) is 1.88. The van der Waals surface area contributed by atoms with E-state index in [4.69, 9.17) is 16.3 Å². The quantitative estimate of drug-likeness (QED) is 0.921. The van der Waals surface area contributed by atoms with Crippen LogP contribution in [0.25, 0.3) is 0 Å². The lowest BCUT2D eigenvalue weighted by molar-refractivity contribution is 0.0857. The van der Waals surface area contributed by atoms with Crippen molar-refractivity contribution in [2.24, 2.45) is 0 Å². The summed E-state index contributed by atoms with van der Waals surface area (Å²) in [7, 11) is 0. The number of carbonyl (C=O) groups is 1. The Hall–Kier alpha value is -1.85. The van der Waals surface area contributed by atoms with E-state index in [1.807, 2.05) is 24.3 Å². The minimum Gasteiger partial charge on any atom is -0.376 e. The minimum atomic E-state index is -0.124. The summed E-state index contributed by atoms with van der Waals surface area (Å²) < 4.78 is 7.20. The monoisotopic (exact) mass is 319 g/mol. The normalized spacial score (nSPS) is 17.6. The summed E-state index contributed by atoms with van der Waals surface area (Å²) >= 11 is 6.13. The second kappa shape index (κ2) is 6.94. The minimum absolute atomic E-state index is 0.124. The molecule has 1 N–H and O–H groups in total. The Morgan fingerprint density at radius 1 is 1.45 bits per heavy atom. The number of ether oxygens (including phenoxy) is 1. The number of benzene rings is 1. The number of rotatable bonds is 5. The van der Waals surface area contributed by atoms with Crippen LogP contribution < -0.4 is 5.32 Å². The SMILES string of the molecule is O=C(NCC1CCCO1)c1cnn(Cc2ccccc2Cl)c1. The van der Waals surface area contributed by atoms with Gasteiger partial charge in [-0.25, -0.2) is 0 Å². The van der Waals surface area contributed by atoms with Crippen molar-refractivity contribution < 1.29 is 9.53 Å². The predicted molar refractivity (Wildman–Crippen MR) is 84.1 cm³/mol. The average molecular weight is 320 g/mol. The van der Waals surface area contributed by atoms with Gasteiger partial charge in [-0.2, -0.15) is 5.10 Å². The lowest BCUT2D eigenvalue weighted by Crippen LogP contribution is -2.31. The fourth-order valence-corrected chi connectivity index (χ4v) is 2.68. The Balaban J connectivity index is 1.58. The molecule has 1 saturated heterocycles. The molecule has 1 unspecified atom stereocenters. The van der Waals surface area contributed by atoms with Crippen molar-refractivity contribution in [1.29, 1.82) is 0 Å². The topological polar surface area (TPSA) is 56.1 Å². The molecule has 2 aromatic rings. The van der Waals surface area contributed by atoms with E-state index in [2.05, 4.69) is 10.4 Å². The molecule has 5 nitrogen and oxygen atoms in total. The van der Waals surface area contributed by atoms with Gasteiger partial charge in [-0.15, -0.1) is 0 Å². The molecule has 1 aliphatic rings. The Labute approximate surface area is 134 Å². The Morgan fingerprint density at radius 2 is 2.32 bits per heavy atom. The number of halogens is 1. The summed E-state index contributed by atoms with van der Waals surface area (Å²) in [5.74, 6) is -0.124. The first-order chi connectivity index (χ1) is 10.7. The highest BCUT2D eigenvalue weighted by molar-refractivity contribution is 6.31. The molecule has 1 amide bonds. The first-order valence-electron chi connectivity index (χ1n) is 7.38. The van der Waals surface area contributed by atoms with Crippen LogP contribution in [0.1, 0.15) is 28.8 Å². The van der Waals surface area contributed by atoms with Crippen LogP contribution in [0, 0.1) is 0 Å². The maximum Gasteiger partial charge on any atom is 0.254 e. The van der Waals surface area contributed by atoms with Gasteiger partial charge < -0.3 is 10.1 Å². The van der Waals surface area contributed by atoms with Crippen molar-refractivity contribution >= 4 is 17.5 Å². The van der Waals surface area contributed by atoms with E-state index in [1.54, 1.807) is 17.1 Å². The van der Waals surface area contributed by atoms with E-state index in [9.17, 15) is 4.79 Å². The fourth-order valence-electron chi connectivity index (χ4n) is 2.48. The van der Waals surface area contributed by atoms with E-state index in [0.29, 0.717) is 23.7 Å². The summed E-state index contributed by atoms with van der Waals surface area (Å²) in [4.78, 5) is 12.1. The Bertz CT molecular complexity index is 650. The van der Waals surface area contributed by atoms with Gasteiger partial charge in [0.1, 0.15) is 0 Å². The second-order valence-corrected chi connectivity index (χ2v) is 5.77. The lowest BCUT2D eigenvalue weighted by Gasteiger charge is -2.09. The first kappa shape index (κ1) is 15.1. The van der Waals surface area contributed by atoms with Crippen LogP contribution in [-0.2, 0) is 11.3 Å². The molecule has 116 valence electrons. The number of nitrogens with one attached hydrogen (secondary N) is 1. The van der Waals surface area contributed by atoms with E-state index in [0.717, 1.165) is 25.0 Å². The van der Waals surface area contributed by atoms with Crippen molar-refractivity contribution in [2.45, 2.75) is 25.5 Å². The van der Waals surface area contributed by atoms with Gasteiger partial charge in [-0.05, 0) is 24.5 Å². The summed E-state index contributed by atoms with van der Waals surface area (Å²) in [5, 5.41) is 7.80. The molecule has 1 aliphatic heterocycles. The molecular weight excluding hydrogens is 302 g/mol. The van der Waals surface area contributed by atoms with Crippen LogP contribution in [0.4, 0.5) is 0 Å². The zero-order chi connectivity index (χ0) is 15.4. The van der Waals surface area contributed by atoms with Crippen molar-refractivity contribution in [3.63, 3.8) is 0 Å². The number of amides is 1. The third kappa shape index (κ3) is 3.67. The van der Waals surface area contributed by atoms with Gasteiger partial charge in [0, 0.05) is 24.4 Å². The highest BCUT2D eigenvalue weighted by Gasteiger charge is 2.17. The van der Waals surface area contributed by atoms with Gasteiger partial charge in [0.05, 0.1) is 24.4 Å². The predicted octanol–water partition coefficient (Wildman–Crippen LogP) is 2.49. The molecule has 1 aromatic carbocycles. The highest BCUT2D eigenvalue weighted by Crippen LogP contribution is 2.16. The number of hydrogen-bond acceptors (Lipinski definition) is 3. The van der Waals surface area contributed by atoms with Crippen LogP contribution in [0.2, 0.25) is 5.02 Å². The molecule has 1 aromatic heterocycles. The van der Waals surface area contributed by atoms with Gasteiger partial charge in [0.25, 0.3) is 5.91 Å². The molecule has 0 aliphatic carbocycles. The van der Waals surface area contributed by atoms with E-state index in [-0.39, 0.29) is 12.0 Å². The van der Waals surface area contributed by atoms with Gasteiger partial charge in [0.2, 0.25) is 0 Å². The molecule has 2 heterocycles. The van der Waals surface area contributed by atoms with Gasteiger partial charge >= 0.3 is 0 Å². The van der Waals surface area contributed by atoms with Crippen molar-refractivity contribution in [1.82, 2.24) is 15.1 Å². The van der Waals surface area contributed by atoms with Crippen molar-refractivity contribution in [3.05, 3.63) is 52.8 Å². The Morgan fingerprint density at radius 3 is 3.09 bits per heavy atom. The van der Waals surface area contributed by atoms with Crippen LogP contribution in [0.3, 0.4) is 0 Å².